The Bertz CT molecular complexity index is 693. The maximum Gasteiger partial charge on any atom is 0.243 e. The molecule has 1 aromatic carbocycles. The number of nitrogens with zero attached hydrogens (tertiary/aromatic N) is 2. The van der Waals surface area contributed by atoms with Crippen LogP contribution in [0.5, 0.6) is 0 Å². The van der Waals surface area contributed by atoms with Crippen LogP contribution in [0.2, 0.25) is 0 Å². The van der Waals surface area contributed by atoms with Crippen molar-refractivity contribution in [1.29, 1.82) is 0 Å². The zero-order chi connectivity index (χ0) is 16.1. The monoisotopic (exact) mass is 334 g/mol. The van der Waals surface area contributed by atoms with Crippen molar-refractivity contribution in [3.8, 4) is 0 Å². The van der Waals surface area contributed by atoms with Gasteiger partial charge in [0.1, 0.15) is 5.82 Å². The number of aromatic nitrogens is 2. The molecule has 6 nitrogen and oxygen atoms in total. The quantitative estimate of drug-likeness (QED) is 0.841. The van der Waals surface area contributed by atoms with Gasteiger partial charge in [0.15, 0.2) is 0 Å². The number of benzene rings is 1. The molecule has 2 aromatic rings. The number of nitrogens with one attached hydrogen (secondary N) is 2. The van der Waals surface area contributed by atoms with Crippen molar-refractivity contribution in [2.45, 2.75) is 24.3 Å². The number of sulfonamides is 1. The van der Waals surface area contributed by atoms with E-state index in [1.165, 1.54) is 0 Å². The predicted octanol–water partition coefficient (Wildman–Crippen LogP) is 1.60. The van der Waals surface area contributed by atoms with E-state index in [0.29, 0.717) is 23.9 Å². The number of hydrogen-bond acceptors (Lipinski definition) is 4. The third-order valence-corrected chi connectivity index (χ3v) is 6.15. The minimum atomic E-state index is -3.34. The highest BCUT2D eigenvalue weighted by Crippen LogP contribution is 2.23. The Morgan fingerprint density at radius 2 is 1.96 bits per heavy atom. The van der Waals surface area contributed by atoms with Gasteiger partial charge in [0, 0.05) is 25.5 Å². The summed E-state index contributed by atoms with van der Waals surface area (Å²) in [7, 11) is -3.34. The topological polar surface area (TPSA) is 78.1 Å². The van der Waals surface area contributed by atoms with Crippen LogP contribution in [-0.2, 0) is 16.6 Å². The summed E-state index contributed by atoms with van der Waals surface area (Å²) in [5.41, 5.74) is 0. The van der Waals surface area contributed by atoms with Gasteiger partial charge in [0.25, 0.3) is 0 Å². The largest absolute Gasteiger partial charge is 0.348 e. The van der Waals surface area contributed by atoms with Gasteiger partial charge in [-0.05, 0) is 37.4 Å². The van der Waals surface area contributed by atoms with Gasteiger partial charge in [-0.1, -0.05) is 18.2 Å². The van der Waals surface area contributed by atoms with Crippen LogP contribution in [0, 0.1) is 5.92 Å². The molecule has 1 aliphatic heterocycles. The van der Waals surface area contributed by atoms with Crippen LogP contribution in [0.3, 0.4) is 0 Å². The predicted molar refractivity (Wildman–Crippen MR) is 88.2 cm³/mol. The zero-order valence-electron chi connectivity index (χ0n) is 13.0. The maximum absolute atomic E-state index is 12.6. The molecular formula is C16H22N4O2S. The summed E-state index contributed by atoms with van der Waals surface area (Å²) < 4.78 is 26.7. The van der Waals surface area contributed by atoms with Gasteiger partial charge >= 0.3 is 0 Å². The lowest BCUT2D eigenvalue weighted by atomic mass is 9.98. The number of hydrogen-bond donors (Lipinski definition) is 2. The molecule has 0 saturated carbocycles. The normalized spacial score (nSPS) is 17.4. The SMILES string of the molecule is O=S(=O)(c1ccccc1)N1CCC(CNCc2ncc[nH]2)CC1. The van der Waals surface area contributed by atoms with Gasteiger partial charge in [-0.15, -0.1) is 0 Å². The fourth-order valence-corrected chi connectivity index (χ4v) is 4.38. The Morgan fingerprint density at radius 1 is 1.22 bits per heavy atom. The van der Waals surface area contributed by atoms with Crippen molar-refractivity contribution in [2.75, 3.05) is 19.6 Å². The Morgan fingerprint density at radius 3 is 2.61 bits per heavy atom. The summed E-state index contributed by atoms with van der Waals surface area (Å²) in [5, 5.41) is 3.38. The van der Waals surface area contributed by atoms with E-state index in [-0.39, 0.29) is 0 Å². The van der Waals surface area contributed by atoms with Crippen molar-refractivity contribution < 1.29 is 8.42 Å². The van der Waals surface area contributed by atoms with Crippen molar-refractivity contribution in [1.82, 2.24) is 19.6 Å². The summed E-state index contributed by atoms with van der Waals surface area (Å²) in [4.78, 5) is 7.61. The first-order valence-corrected chi connectivity index (χ1v) is 9.34. The highest BCUT2D eigenvalue weighted by atomic mass is 32.2. The lowest BCUT2D eigenvalue weighted by molar-refractivity contribution is 0.267. The van der Waals surface area contributed by atoms with Crippen LogP contribution < -0.4 is 5.32 Å². The first-order valence-electron chi connectivity index (χ1n) is 7.90. The maximum atomic E-state index is 12.6. The molecule has 124 valence electrons. The molecule has 0 atom stereocenters. The van der Waals surface area contributed by atoms with Gasteiger partial charge < -0.3 is 10.3 Å². The van der Waals surface area contributed by atoms with E-state index in [1.54, 1.807) is 34.8 Å². The third-order valence-electron chi connectivity index (χ3n) is 4.23. The average Bonchev–Trinajstić information content (AvgIpc) is 3.10. The number of rotatable bonds is 6. The summed E-state index contributed by atoms with van der Waals surface area (Å²) in [6, 6.07) is 8.67. The van der Waals surface area contributed by atoms with Crippen LogP contribution in [0.1, 0.15) is 18.7 Å². The first-order chi connectivity index (χ1) is 11.2. The second-order valence-corrected chi connectivity index (χ2v) is 7.77. The van der Waals surface area contributed by atoms with Crippen molar-refractivity contribution in [3.05, 3.63) is 48.5 Å². The number of H-pyrrole nitrogens is 1. The van der Waals surface area contributed by atoms with Gasteiger partial charge in [-0.3, -0.25) is 0 Å². The zero-order valence-corrected chi connectivity index (χ0v) is 13.8. The molecule has 0 amide bonds. The smallest absolute Gasteiger partial charge is 0.243 e. The molecule has 23 heavy (non-hydrogen) atoms. The number of piperidine rings is 1. The van der Waals surface area contributed by atoms with Crippen LogP contribution >= 0.6 is 0 Å². The molecule has 1 aliphatic rings. The Kier molecular flexibility index (Phi) is 5.09. The summed E-state index contributed by atoms with van der Waals surface area (Å²) in [6.07, 6.45) is 5.32. The lowest BCUT2D eigenvalue weighted by Gasteiger charge is -2.31. The van der Waals surface area contributed by atoms with Crippen molar-refractivity contribution in [3.63, 3.8) is 0 Å². The van der Waals surface area contributed by atoms with Crippen LogP contribution in [0.15, 0.2) is 47.6 Å². The number of aromatic amines is 1. The highest BCUT2D eigenvalue weighted by Gasteiger charge is 2.28. The Hall–Kier alpha value is -1.70. The molecule has 7 heteroatoms. The van der Waals surface area contributed by atoms with E-state index in [1.807, 2.05) is 12.3 Å². The molecule has 2 heterocycles. The van der Waals surface area contributed by atoms with Crippen LogP contribution in [-0.4, -0.2) is 42.3 Å². The summed E-state index contributed by atoms with van der Waals surface area (Å²) >= 11 is 0. The molecule has 3 rings (SSSR count). The second kappa shape index (κ2) is 7.25. The minimum Gasteiger partial charge on any atom is -0.348 e. The standard InChI is InChI=1S/C16H22N4O2S/c21-23(22,15-4-2-1-3-5-15)20-10-6-14(7-11-20)12-17-13-16-18-8-9-19-16/h1-5,8-9,14,17H,6-7,10-13H2,(H,18,19). The highest BCUT2D eigenvalue weighted by molar-refractivity contribution is 7.89. The van der Waals surface area contributed by atoms with Crippen LogP contribution in [0.4, 0.5) is 0 Å². The van der Waals surface area contributed by atoms with Gasteiger partial charge in [0.05, 0.1) is 11.4 Å². The van der Waals surface area contributed by atoms with Crippen molar-refractivity contribution >= 4 is 10.0 Å². The van der Waals surface area contributed by atoms with E-state index in [9.17, 15) is 8.42 Å². The molecule has 0 aliphatic carbocycles. The molecule has 0 spiro atoms. The van der Waals surface area contributed by atoms with E-state index in [0.717, 1.165) is 31.8 Å². The average molecular weight is 334 g/mol. The number of imidazole rings is 1. The fourth-order valence-electron chi connectivity index (χ4n) is 2.88. The van der Waals surface area contributed by atoms with Gasteiger partial charge in [-0.2, -0.15) is 4.31 Å². The van der Waals surface area contributed by atoms with E-state index in [2.05, 4.69) is 15.3 Å². The molecule has 1 aromatic heterocycles. The minimum absolute atomic E-state index is 0.384. The molecular weight excluding hydrogens is 312 g/mol. The lowest BCUT2D eigenvalue weighted by Crippen LogP contribution is -2.40. The Balaban J connectivity index is 1.48. The van der Waals surface area contributed by atoms with Gasteiger partial charge in [-0.25, -0.2) is 13.4 Å². The van der Waals surface area contributed by atoms with E-state index >= 15 is 0 Å². The first kappa shape index (κ1) is 16.2. The van der Waals surface area contributed by atoms with E-state index in [4.69, 9.17) is 0 Å². The fraction of sp³-hybridized carbons (Fsp3) is 0.438. The molecule has 1 fully saturated rings. The molecule has 0 radical (unpaired) electrons. The molecule has 0 unspecified atom stereocenters. The third kappa shape index (κ3) is 3.99. The Labute approximate surface area is 137 Å². The molecule has 0 bridgehead atoms. The molecule has 2 N–H and O–H groups in total. The van der Waals surface area contributed by atoms with Crippen molar-refractivity contribution in [2.24, 2.45) is 5.92 Å². The van der Waals surface area contributed by atoms with E-state index < -0.39 is 10.0 Å². The summed E-state index contributed by atoms with van der Waals surface area (Å²) in [6.45, 7) is 2.78. The second-order valence-electron chi connectivity index (χ2n) is 5.83. The summed E-state index contributed by atoms with van der Waals surface area (Å²) in [5.74, 6) is 1.43. The van der Waals surface area contributed by atoms with Gasteiger partial charge in [0.2, 0.25) is 10.0 Å². The van der Waals surface area contributed by atoms with Crippen LogP contribution in [0.25, 0.3) is 0 Å². The molecule has 1 saturated heterocycles.